The van der Waals surface area contributed by atoms with Gasteiger partial charge in [0.05, 0.1) is 23.1 Å². The van der Waals surface area contributed by atoms with Gasteiger partial charge >= 0.3 is 5.56 Å². The second-order valence-electron chi connectivity index (χ2n) is 6.54. The summed E-state index contributed by atoms with van der Waals surface area (Å²) in [7, 11) is 0. The van der Waals surface area contributed by atoms with Crippen LogP contribution in [0.4, 0.5) is 5.00 Å². The molecule has 4 aromatic rings. The Labute approximate surface area is 186 Å². The average molecular weight is 451 g/mol. The lowest BCUT2D eigenvalue weighted by atomic mass is 10.2. The number of hydrogen-bond acceptors (Lipinski definition) is 6. The zero-order valence-electron chi connectivity index (χ0n) is 16.0. The van der Waals surface area contributed by atoms with Crippen LogP contribution in [0.3, 0.4) is 0 Å². The lowest BCUT2D eigenvalue weighted by molar-refractivity contribution is -0.118. The molecule has 2 heterocycles. The summed E-state index contributed by atoms with van der Waals surface area (Å²) in [4.78, 5) is 29.6. The van der Waals surface area contributed by atoms with E-state index in [0.29, 0.717) is 33.2 Å². The number of aromatic nitrogens is 2. The molecule has 0 atom stereocenters. The molecule has 0 aliphatic heterocycles. The highest BCUT2D eigenvalue weighted by molar-refractivity contribution is 7.14. The summed E-state index contributed by atoms with van der Waals surface area (Å²) in [5.74, 6) is -0.700. The molecule has 0 fully saturated rings. The van der Waals surface area contributed by atoms with Crippen LogP contribution in [0.2, 0.25) is 5.02 Å². The van der Waals surface area contributed by atoms with Crippen molar-refractivity contribution in [2.24, 2.45) is 0 Å². The molecule has 0 spiro atoms. The van der Waals surface area contributed by atoms with E-state index in [1.807, 2.05) is 36.4 Å². The van der Waals surface area contributed by atoms with Crippen LogP contribution in [0.15, 0.2) is 64.8 Å². The number of carbonyl (C=O) groups excluding carboxylic acids is 1. The molecular formula is C22H15ClN4O3S. The highest BCUT2D eigenvalue weighted by atomic mass is 35.5. The van der Waals surface area contributed by atoms with E-state index in [4.69, 9.17) is 21.6 Å². The maximum atomic E-state index is 13.1. The van der Waals surface area contributed by atoms with Gasteiger partial charge < -0.3 is 10.1 Å². The zero-order chi connectivity index (χ0) is 21.8. The van der Waals surface area contributed by atoms with Crippen LogP contribution in [-0.4, -0.2) is 22.1 Å². The van der Waals surface area contributed by atoms with E-state index in [2.05, 4.69) is 10.3 Å². The third-order valence-electron chi connectivity index (χ3n) is 4.44. The van der Waals surface area contributed by atoms with Crippen LogP contribution >= 0.6 is 22.9 Å². The first-order valence-corrected chi connectivity index (χ1v) is 10.4. The Balaban J connectivity index is 1.63. The fourth-order valence-corrected chi connectivity index (χ4v) is 3.92. The van der Waals surface area contributed by atoms with Crippen molar-refractivity contribution >= 4 is 44.9 Å². The van der Waals surface area contributed by atoms with Crippen molar-refractivity contribution in [1.29, 1.82) is 5.26 Å². The van der Waals surface area contributed by atoms with Crippen molar-refractivity contribution in [3.63, 3.8) is 0 Å². The highest BCUT2D eigenvalue weighted by Gasteiger charge is 2.15. The molecule has 1 amide bonds. The Morgan fingerprint density at radius 2 is 2.03 bits per heavy atom. The summed E-state index contributed by atoms with van der Waals surface area (Å²) in [6.07, 6.45) is 0. The normalized spacial score (nSPS) is 10.6. The lowest BCUT2D eigenvalue weighted by Gasteiger charge is -2.13. The maximum Gasteiger partial charge on any atom is 0.314 e. The molecule has 0 saturated carbocycles. The fraction of sp³-hybridized carbons (Fsp3) is 0.0909. The van der Waals surface area contributed by atoms with E-state index in [-0.39, 0.29) is 5.88 Å². The van der Waals surface area contributed by atoms with Gasteiger partial charge in [0.15, 0.2) is 6.61 Å². The summed E-state index contributed by atoms with van der Waals surface area (Å²) in [5, 5.41) is 14.2. The molecule has 1 N–H and O–H groups in total. The van der Waals surface area contributed by atoms with Crippen LogP contribution in [0.25, 0.3) is 11.0 Å². The molecule has 0 bridgehead atoms. The Hall–Kier alpha value is -3.67. The van der Waals surface area contributed by atoms with E-state index in [1.165, 1.54) is 15.9 Å². The van der Waals surface area contributed by atoms with E-state index in [9.17, 15) is 9.59 Å². The van der Waals surface area contributed by atoms with Crippen molar-refractivity contribution in [3.05, 3.63) is 86.5 Å². The van der Waals surface area contributed by atoms with Gasteiger partial charge in [0, 0.05) is 5.02 Å². The number of benzene rings is 2. The molecule has 2 aromatic carbocycles. The number of halogens is 1. The number of fused-ring (bicyclic) bond motifs is 1. The van der Waals surface area contributed by atoms with Crippen LogP contribution < -0.4 is 15.6 Å². The molecule has 0 radical (unpaired) electrons. The summed E-state index contributed by atoms with van der Waals surface area (Å²) in [6.45, 7) is -0.119. The number of hydrogen-bond donors (Lipinski definition) is 1. The van der Waals surface area contributed by atoms with Crippen LogP contribution in [0.1, 0.15) is 11.1 Å². The van der Waals surface area contributed by atoms with E-state index in [1.54, 1.807) is 29.6 Å². The number of nitrogens with zero attached hydrogens (tertiary/aromatic N) is 3. The summed E-state index contributed by atoms with van der Waals surface area (Å²) >= 11 is 7.33. The van der Waals surface area contributed by atoms with E-state index >= 15 is 0 Å². The Morgan fingerprint density at radius 1 is 1.23 bits per heavy atom. The largest absolute Gasteiger partial charge is 0.464 e. The van der Waals surface area contributed by atoms with Gasteiger partial charge in [0.2, 0.25) is 0 Å². The smallest absolute Gasteiger partial charge is 0.314 e. The predicted molar refractivity (Wildman–Crippen MR) is 120 cm³/mol. The third-order valence-corrected chi connectivity index (χ3v) is 5.51. The first kappa shape index (κ1) is 20.6. The monoisotopic (exact) mass is 450 g/mol. The fourth-order valence-electron chi connectivity index (χ4n) is 3.00. The summed E-state index contributed by atoms with van der Waals surface area (Å²) in [5.41, 5.74) is 1.91. The van der Waals surface area contributed by atoms with Gasteiger partial charge in [-0.1, -0.05) is 41.9 Å². The highest BCUT2D eigenvalue weighted by Crippen LogP contribution is 2.22. The number of thiophene rings is 1. The molecular weight excluding hydrogens is 436 g/mol. The van der Waals surface area contributed by atoms with Gasteiger partial charge in [0.1, 0.15) is 11.1 Å². The zero-order valence-corrected chi connectivity index (χ0v) is 17.6. The first-order valence-electron chi connectivity index (χ1n) is 9.19. The van der Waals surface area contributed by atoms with Crippen molar-refractivity contribution in [1.82, 2.24) is 9.55 Å². The minimum absolute atomic E-state index is 0.201. The molecule has 0 unspecified atom stereocenters. The molecule has 0 aliphatic carbocycles. The van der Waals surface area contributed by atoms with Crippen molar-refractivity contribution in [2.75, 3.05) is 11.9 Å². The number of nitrogens with one attached hydrogen (secondary N) is 1. The molecule has 31 heavy (non-hydrogen) atoms. The number of ether oxygens (including phenoxy) is 1. The van der Waals surface area contributed by atoms with Crippen LogP contribution in [0.5, 0.6) is 5.88 Å². The molecule has 2 aromatic heterocycles. The number of anilines is 1. The van der Waals surface area contributed by atoms with Gasteiger partial charge in [0.25, 0.3) is 11.8 Å². The molecule has 7 nitrogen and oxygen atoms in total. The quantitative estimate of drug-likeness (QED) is 0.478. The standard InChI is InChI=1S/C22H15ClN4O3S/c23-16-6-7-18-17(10-16)25-20(22(29)27(18)12-14-4-2-1-3-5-14)30-13-19(28)26-21-15(11-24)8-9-31-21/h1-10H,12-13H2,(H,26,28). The summed E-state index contributed by atoms with van der Waals surface area (Å²) in [6, 6.07) is 18.2. The van der Waals surface area contributed by atoms with Gasteiger partial charge in [-0.3, -0.25) is 14.2 Å². The number of amides is 1. The Kier molecular flexibility index (Phi) is 5.98. The number of rotatable bonds is 6. The Morgan fingerprint density at radius 3 is 2.81 bits per heavy atom. The molecule has 4 rings (SSSR count). The van der Waals surface area contributed by atoms with Crippen molar-refractivity contribution in [2.45, 2.75) is 6.54 Å². The van der Waals surface area contributed by atoms with Crippen molar-refractivity contribution in [3.8, 4) is 11.9 Å². The number of carbonyl (C=O) groups is 1. The molecule has 154 valence electrons. The molecule has 0 aliphatic rings. The first-order chi connectivity index (χ1) is 15.0. The lowest BCUT2D eigenvalue weighted by Crippen LogP contribution is -2.27. The molecule has 0 saturated heterocycles. The van der Waals surface area contributed by atoms with Gasteiger partial charge in [-0.25, -0.2) is 4.98 Å². The second kappa shape index (κ2) is 9.00. The maximum absolute atomic E-state index is 13.1. The molecule has 9 heteroatoms. The third kappa shape index (κ3) is 4.58. The minimum Gasteiger partial charge on any atom is -0.464 e. The van der Waals surface area contributed by atoms with E-state index in [0.717, 1.165) is 5.56 Å². The Bertz CT molecular complexity index is 1360. The topological polar surface area (TPSA) is 97.0 Å². The van der Waals surface area contributed by atoms with Gasteiger partial charge in [-0.2, -0.15) is 5.26 Å². The van der Waals surface area contributed by atoms with Gasteiger partial charge in [-0.15, -0.1) is 11.3 Å². The van der Waals surface area contributed by atoms with Gasteiger partial charge in [-0.05, 0) is 35.2 Å². The average Bonchev–Trinajstić information content (AvgIpc) is 3.22. The number of nitriles is 1. The summed E-state index contributed by atoms with van der Waals surface area (Å²) < 4.78 is 7.01. The SMILES string of the molecule is N#Cc1ccsc1NC(=O)COc1nc2cc(Cl)ccc2n(Cc2ccccc2)c1=O. The minimum atomic E-state index is -0.499. The van der Waals surface area contributed by atoms with Crippen molar-refractivity contribution < 1.29 is 9.53 Å². The van der Waals surface area contributed by atoms with Crippen LogP contribution in [0, 0.1) is 11.3 Å². The van der Waals surface area contributed by atoms with E-state index < -0.39 is 18.1 Å². The predicted octanol–water partition coefficient (Wildman–Crippen LogP) is 4.05. The van der Waals surface area contributed by atoms with Crippen LogP contribution in [-0.2, 0) is 11.3 Å². The second-order valence-corrected chi connectivity index (χ2v) is 7.89.